The SMILES string of the molecule is COc1ccccc1-n1nnnc1SCC(=O)c1ccc(NC(=O)C(C)C)cc1. The van der Waals surface area contributed by atoms with Gasteiger partial charge in [-0.05, 0) is 46.8 Å². The van der Waals surface area contributed by atoms with Crippen LogP contribution in [0.4, 0.5) is 5.69 Å². The van der Waals surface area contributed by atoms with Gasteiger partial charge in [-0.3, -0.25) is 9.59 Å². The van der Waals surface area contributed by atoms with Crippen LogP contribution in [0.2, 0.25) is 0 Å². The number of ketones is 1. The summed E-state index contributed by atoms with van der Waals surface area (Å²) in [5, 5.41) is 15.0. The highest BCUT2D eigenvalue weighted by atomic mass is 32.2. The Morgan fingerprint density at radius 2 is 1.86 bits per heavy atom. The number of nitrogens with zero attached hydrogens (tertiary/aromatic N) is 4. The molecule has 29 heavy (non-hydrogen) atoms. The molecule has 1 heterocycles. The summed E-state index contributed by atoms with van der Waals surface area (Å²) in [6.07, 6.45) is 0. The van der Waals surface area contributed by atoms with E-state index in [1.165, 1.54) is 11.8 Å². The molecule has 0 aliphatic rings. The van der Waals surface area contributed by atoms with E-state index >= 15 is 0 Å². The van der Waals surface area contributed by atoms with E-state index in [4.69, 9.17) is 4.74 Å². The molecule has 0 fully saturated rings. The monoisotopic (exact) mass is 411 g/mol. The number of thioether (sulfide) groups is 1. The fraction of sp³-hybridized carbons (Fsp3) is 0.250. The number of hydrogen-bond donors (Lipinski definition) is 1. The summed E-state index contributed by atoms with van der Waals surface area (Å²) >= 11 is 1.24. The second kappa shape index (κ2) is 9.33. The minimum absolute atomic E-state index is 0.0636. The molecule has 9 heteroatoms. The van der Waals surface area contributed by atoms with Crippen LogP contribution in [-0.4, -0.2) is 44.8 Å². The summed E-state index contributed by atoms with van der Waals surface area (Å²) in [6, 6.07) is 14.2. The molecule has 0 aliphatic carbocycles. The van der Waals surface area contributed by atoms with Gasteiger partial charge in [0.25, 0.3) is 0 Å². The summed E-state index contributed by atoms with van der Waals surface area (Å²) in [5.41, 5.74) is 1.91. The van der Waals surface area contributed by atoms with Crippen molar-refractivity contribution in [3.8, 4) is 11.4 Å². The quantitative estimate of drug-likeness (QED) is 0.449. The maximum atomic E-state index is 12.5. The van der Waals surface area contributed by atoms with E-state index in [1.54, 1.807) is 36.1 Å². The molecule has 0 atom stereocenters. The number of nitrogens with one attached hydrogen (secondary N) is 1. The zero-order valence-electron chi connectivity index (χ0n) is 16.3. The number of amides is 1. The number of carbonyl (C=O) groups is 2. The molecule has 0 saturated heterocycles. The molecule has 0 bridgehead atoms. The van der Waals surface area contributed by atoms with Crippen molar-refractivity contribution in [3.63, 3.8) is 0 Å². The second-order valence-corrected chi connectivity index (χ2v) is 7.42. The molecule has 1 N–H and O–H groups in total. The van der Waals surface area contributed by atoms with Crippen LogP contribution in [-0.2, 0) is 4.79 Å². The molecule has 0 radical (unpaired) electrons. The standard InChI is InChI=1S/C20H21N5O3S/c1-13(2)19(27)21-15-10-8-14(9-11-15)17(26)12-29-20-22-23-24-25(20)16-6-4-5-7-18(16)28-3/h4-11,13H,12H2,1-3H3,(H,21,27). The second-order valence-electron chi connectivity index (χ2n) is 6.48. The van der Waals surface area contributed by atoms with Crippen molar-refractivity contribution in [2.75, 3.05) is 18.2 Å². The van der Waals surface area contributed by atoms with Crippen molar-refractivity contribution < 1.29 is 14.3 Å². The summed E-state index contributed by atoms with van der Waals surface area (Å²) in [4.78, 5) is 24.3. The number of benzene rings is 2. The zero-order chi connectivity index (χ0) is 20.8. The minimum Gasteiger partial charge on any atom is -0.494 e. The highest BCUT2D eigenvalue weighted by molar-refractivity contribution is 7.99. The van der Waals surface area contributed by atoms with Gasteiger partial charge in [-0.2, -0.15) is 4.68 Å². The summed E-state index contributed by atoms with van der Waals surface area (Å²) < 4.78 is 6.89. The molecule has 1 aromatic heterocycles. The lowest BCUT2D eigenvalue weighted by molar-refractivity contribution is -0.118. The first-order chi connectivity index (χ1) is 14.0. The van der Waals surface area contributed by atoms with Gasteiger partial charge in [-0.15, -0.1) is 5.10 Å². The lowest BCUT2D eigenvalue weighted by atomic mass is 10.1. The number of carbonyl (C=O) groups excluding carboxylic acids is 2. The van der Waals surface area contributed by atoms with E-state index in [-0.39, 0.29) is 23.4 Å². The van der Waals surface area contributed by atoms with Gasteiger partial charge in [0, 0.05) is 17.2 Å². The van der Waals surface area contributed by atoms with E-state index in [1.807, 2.05) is 38.1 Å². The van der Waals surface area contributed by atoms with E-state index in [0.717, 1.165) is 0 Å². The van der Waals surface area contributed by atoms with Crippen molar-refractivity contribution in [2.24, 2.45) is 5.92 Å². The molecule has 0 saturated carbocycles. The topological polar surface area (TPSA) is 99.0 Å². The molecular formula is C20H21N5O3S. The maximum absolute atomic E-state index is 12.5. The van der Waals surface area contributed by atoms with Crippen LogP contribution in [0.25, 0.3) is 5.69 Å². The summed E-state index contributed by atoms with van der Waals surface area (Å²) in [5.74, 6) is 0.566. The largest absolute Gasteiger partial charge is 0.494 e. The van der Waals surface area contributed by atoms with Crippen LogP contribution in [0.15, 0.2) is 53.7 Å². The van der Waals surface area contributed by atoms with Crippen LogP contribution >= 0.6 is 11.8 Å². The van der Waals surface area contributed by atoms with Crippen LogP contribution in [0.5, 0.6) is 5.75 Å². The van der Waals surface area contributed by atoms with Gasteiger partial charge in [0.2, 0.25) is 11.1 Å². The average molecular weight is 411 g/mol. The molecule has 8 nitrogen and oxygen atoms in total. The van der Waals surface area contributed by atoms with Crippen LogP contribution < -0.4 is 10.1 Å². The Morgan fingerprint density at radius 1 is 1.14 bits per heavy atom. The fourth-order valence-electron chi connectivity index (χ4n) is 2.46. The fourth-order valence-corrected chi connectivity index (χ4v) is 3.24. The first-order valence-corrected chi connectivity index (χ1v) is 9.97. The molecule has 1 amide bonds. The molecule has 3 rings (SSSR count). The Morgan fingerprint density at radius 3 is 2.55 bits per heavy atom. The highest BCUT2D eigenvalue weighted by Gasteiger charge is 2.15. The first kappa shape index (κ1) is 20.5. The lowest BCUT2D eigenvalue weighted by Crippen LogP contribution is -2.17. The number of para-hydroxylation sites is 2. The first-order valence-electron chi connectivity index (χ1n) is 8.98. The third-order valence-electron chi connectivity index (χ3n) is 4.09. The summed E-state index contributed by atoms with van der Waals surface area (Å²) in [6.45, 7) is 3.65. The van der Waals surface area contributed by atoms with Gasteiger partial charge in [0.15, 0.2) is 5.78 Å². The maximum Gasteiger partial charge on any atom is 0.226 e. The van der Waals surface area contributed by atoms with Crippen molar-refractivity contribution >= 4 is 29.1 Å². The van der Waals surface area contributed by atoms with E-state index in [2.05, 4.69) is 20.8 Å². The third kappa shape index (κ3) is 5.00. The number of anilines is 1. The van der Waals surface area contributed by atoms with Crippen molar-refractivity contribution in [2.45, 2.75) is 19.0 Å². The third-order valence-corrected chi connectivity index (χ3v) is 5.00. The molecule has 0 spiro atoms. The van der Waals surface area contributed by atoms with Gasteiger partial charge in [-0.25, -0.2) is 0 Å². The van der Waals surface area contributed by atoms with Crippen molar-refractivity contribution in [3.05, 3.63) is 54.1 Å². The number of aromatic nitrogens is 4. The van der Waals surface area contributed by atoms with Crippen LogP contribution in [0.1, 0.15) is 24.2 Å². The predicted octanol–water partition coefficient (Wildman–Crippen LogP) is 3.24. The zero-order valence-corrected chi connectivity index (χ0v) is 17.1. The van der Waals surface area contributed by atoms with Gasteiger partial charge in [-0.1, -0.05) is 37.7 Å². The number of hydrogen-bond acceptors (Lipinski definition) is 7. The van der Waals surface area contributed by atoms with Crippen LogP contribution in [0, 0.1) is 5.92 Å². The Hall–Kier alpha value is -3.20. The van der Waals surface area contributed by atoms with Gasteiger partial charge in [0.1, 0.15) is 11.4 Å². The number of rotatable bonds is 8. The number of tetrazole rings is 1. The van der Waals surface area contributed by atoms with Gasteiger partial charge in [0.05, 0.1) is 12.9 Å². The average Bonchev–Trinajstić information content (AvgIpc) is 3.20. The molecule has 2 aromatic carbocycles. The smallest absolute Gasteiger partial charge is 0.226 e. The van der Waals surface area contributed by atoms with Crippen LogP contribution in [0.3, 0.4) is 0 Å². The Bertz CT molecular complexity index is 1000. The van der Waals surface area contributed by atoms with Gasteiger partial charge < -0.3 is 10.1 Å². The normalized spacial score (nSPS) is 10.8. The lowest BCUT2D eigenvalue weighted by Gasteiger charge is -2.09. The van der Waals surface area contributed by atoms with E-state index in [0.29, 0.717) is 27.8 Å². The molecule has 3 aromatic rings. The predicted molar refractivity (Wildman–Crippen MR) is 111 cm³/mol. The Balaban J connectivity index is 1.66. The van der Waals surface area contributed by atoms with Gasteiger partial charge >= 0.3 is 0 Å². The number of Topliss-reactive ketones (excluding diaryl/α,β-unsaturated/α-hetero) is 1. The summed E-state index contributed by atoms with van der Waals surface area (Å²) in [7, 11) is 1.58. The number of ether oxygens (including phenoxy) is 1. The van der Waals surface area contributed by atoms with E-state index in [9.17, 15) is 9.59 Å². The molecule has 150 valence electrons. The van der Waals surface area contributed by atoms with E-state index < -0.39 is 0 Å². The van der Waals surface area contributed by atoms with Crippen molar-refractivity contribution in [1.29, 1.82) is 0 Å². The molecular weight excluding hydrogens is 390 g/mol. The van der Waals surface area contributed by atoms with Crippen molar-refractivity contribution in [1.82, 2.24) is 20.2 Å². The number of methoxy groups -OCH3 is 1. The molecule has 0 unspecified atom stereocenters. The minimum atomic E-state index is -0.109. The molecule has 0 aliphatic heterocycles. The Kier molecular flexibility index (Phi) is 6.61. The Labute approximate surface area is 172 Å². The highest BCUT2D eigenvalue weighted by Crippen LogP contribution is 2.26.